The Bertz CT molecular complexity index is 1480. The van der Waals surface area contributed by atoms with Gasteiger partial charge in [-0.2, -0.15) is 9.61 Å². The van der Waals surface area contributed by atoms with E-state index < -0.39 is 0 Å². The summed E-state index contributed by atoms with van der Waals surface area (Å²) in [5.74, 6) is 0.932. The molecule has 0 unspecified atom stereocenters. The SMILES string of the molecule is CCc1nn2c(=O)cc(CSc3nc(-c4ccccc4)nc4cc(=O)[nH]n34)nc2s1. The minimum Gasteiger partial charge on any atom is -0.268 e. The predicted molar refractivity (Wildman–Crippen MR) is 115 cm³/mol. The average Bonchev–Trinajstić information content (AvgIpc) is 3.35. The highest BCUT2D eigenvalue weighted by Gasteiger charge is 2.13. The van der Waals surface area contributed by atoms with E-state index in [1.807, 2.05) is 37.3 Å². The smallest absolute Gasteiger partial charge is 0.268 e. The van der Waals surface area contributed by atoms with Crippen LogP contribution in [-0.4, -0.2) is 34.2 Å². The zero-order chi connectivity index (χ0) is 20.7. The predicted octanol–water partition coefficient (Wildman–Crippen LogP) is 2.40. The van der Waals surface area contributed by atoms with Crippen molar-refractivity contribution in [3.63, 3.8) is 0 Å². The van der Waals surface area contributed by atoms with Crippen LogP contribution in [0.25, 0.3) is 22.0 Å². The monoisotopic (exact) mass is 437 g/mol. The number of hydrogen-bond acceptors (Lipinski definition) is 8. The molecule has 0 saturated carbocycles. The quantitative estimate of drug-likeness (QED) is 0.420. The minimum atomic E-state index is -0.258. The number of nitrogens with zero attached hydrogens (tertiary/aromatic N) is 6. The lowest BCUT2D eigenvalue weighted by molar-refractivity contribution is 0.766. The molecular formula is C19H15N7O2S2. The Morgan fingerprint density at radius 3 is 2.73 bits per heavy atom. The molecule has 0 radical (unpaired) electrons. The van der Waals surface area contributed by atoms with Crippen molar-refractivity contribution in [1.29, 1.82) is 0 Å². The van der Waals surface area contributed by atoms with E-state index in [0.717, 1.165) is 17.0 Å². The number of aromatic amines is 1. The van der Waals surface area contributed by atoms with E-state index in [9.17, 15) is 9.59 Å². The Kier molecular flexibility index (Phi) is 4.68. The molecule has 0 saturated heterocycles. The molecule has 0 aliphatic rings. The third kappa shape index (κ3) is 3.42. The van der Waals surface area contributed by atoms with Crippen LogP contribution in [0.1, 0.15) is 17.6 Å². The molecule has 0 aliphatic heterocycles. The van der Waals surface area contributed by atoms with Crippen LogP contribution in [0.5, 0.6) is 0 Å². The van der Waals surface area contributed by atoms with E-state index in [2.05, 4.69) is 25.1 Å². The van der Waals surface area contributed by atoms with Crippen molar-refractivity contribution in [1.82, 2.24) is 34.2 Å². The molecule has 9 nitrogen and oxygen atoms in total. The first-order chi connectivity index (χ1) is 14.6. The lowest BCUT2D eigenvalue weighted by Crippen LogP contribution is -2.15. The molecule has 0 fully saturated rings. The van der Waals surface area contributed by atoms with E-state index in [4.69, 9.17) is 0 Å². The van der Waals surface area contributed by atoms with E-state index in [-0.39, 0.29) is 11.1 Å². The molecule has 0 spiro atoms. The highest BCUT2D eigenvalue weighted by atomic mass is 32.2. The van der Waals surface area contributed by atoms with Gasteiger partial charge >= 0.3 is 0 Å². The average molecular weight is 438 g/mol. The van der Waals surface area contributed by atoms with Gasteiger partial charge in [0.05, 0.1) is 5.69 Å². The maximum absolute atomic E-state index is 12.4. The van der Waals surface area contributed by atoms with Gasteiger partial charge in [0.25, 0.3) is 11.1 Å². The zero-order valence-corrected chi connectivity index (χ0v) is 17.4. The molecule has 0 aliphatic carbocycles. The highest BCUT2D eigenvalue weighted by molar-refractivity contribution is 7.98. The number of aryl methyl sites for hydroxylation is 1. The van der Waals surface area contributed by atoms with Gasteiger partial charge in [0.1, 0.15) is 5.01 Å². The molecule has 150 valence electrons. The van der Waals surface area contributed by atoms with E-state index >= 15 is 0 Å². The van der Waals surface area contributed by atoms with Crippen LogP contribution in [0, 0.1) is 0 Å². The fourth-order valence-corrected chi connectivity index (χ4v) is 4.65. The number of fused-ring (bicyclic) bond motifs is 2. The number of aromatic nitrogens is 7. The molecule has 11 heteroatoms. The van der Waals surface area contributed by atoms with Crippen LogP contribution in [0.4, 0.5) is 0 Å². The fourth-order valence-electron chi connectivity index (χ4n) is 2.95. The molecule has 0 amide bonds. The molecular weight excluding hydrogens is 422 g/mol. The normalized spacial score (nSPS) is 11.5. The van der Waals surface area contributed by atoms with Crippen molar-refractivity contribution >= 4 is 33.7 Å². The summed E-state index contributed by atoms with van der Waals surface area (Å²) in [4.78, 5) is 38.5. The van der Waals surface area contributed by atoms with Crippen LogP contribution in [0.3, 0.4) is 0 Å². The summed E-state index contributed by atoms with van der Waals surface area (Å²) in [5.41, 5.74) is 1.49. The van der Waals surface area contributed by atoms with Crippen molar-refractivity contribution in [2.24, 2.45) is 0 Å². The second-order valence-electron chi connectivity index (χ2n) is 6.43. The van der Waals surface area contributed by atoms with Crippen molar-refractivity contribution in [2.75, 3.05) is 0 Å². The Labute approximate surface area is 177 Å². The second-order valence-corrected chi connectivity index (χ2v) is 8.41. The van der Waals surface area contributed by atoms with Crippen molar-refractivity contribution < 1.29 is 0 Å². The van der Waals surface area contributed by atoms with Crippen LogP contribution in [0.15, 0.2) is 57.2 Å². The molecule has 1 aromatic carbocycles. The summed E-state index contributed by atoms with van der Waals surface area (Å²) >= 11 is 2.78. The first-order valence-corrected chi connectivity index (χ1v) is 11.0. The molecule has 1 N–H and O–H groups in total. The summed E-state index contributed by atoms with van der Waals surface area (Å²) in [6, 6.07) is 12.5. The van der Waals surface area contributed by atoms with Crippen molar-refractivity contribution in [2.45, 2.75) is 24.3 Å². The van der Waals surface area contributed by atoms with Crippen molar-refractivity contribution in [3.8, 4) is 11.4 Å². The first-order valence-electron chi connectivity index (χ1n) is 9.17. The largest absolute Gasteiger partial charge is 0.275 e. The Morgan fingerprint density at radius 1 is 1.10 bits per heavy atom. The molecule has 30 heavy (non-hydrogen) atoms. The summed E-state index contributed by atoms with van der Waals surface area (Å²) in [6.07, 6.45) is 0.750. The topological polar surface area (TPSA) is 110 Å². The fraction of sp³-hybridized carbons (Fsp3) is 0.158. The standard InChI is InChI=1S/C19H15N7O2S2/c1-2-15-24-26-16(28)8-12(20-19(26)30-15)10-29-18-22-17(11-6-4-3-5-7-11)21-13-9-14(27)23-25(13)18/h3-9H,2,10H2,1H3,(H,23,27). The summed E-state index contributed by atoms with van der Waals surface area (Å²) < 4.78 is 2.88. The number of thioether (sulfide) groups is 1. The summed E-state index contributed by atoms with van der Waals surface area (Å²) in [6.45, 7) is 1.99. The lowest BCUT2D eigenvalue weighted by Gasteiger charge is -2.07. The number of nitrogens with one attached hydrogen (secondary N) is 1. The maximum Gasteiger partial charge on any atom is 0.275 e. The third-order valence-corrected chi connectivity index (χ3v) is 6.37. The van der Waals surface area contributed by atoms with Crippen molar-refractivity contribution in [3.05, 3.63) is 73.9 Å². The lowest BCUT2D eigenvalue weighted by atomic mass is 10.2. The van der Waals surface area contributed by atoms with Gasteiger partial charge in [-0.1, -0.05) is 60.4 Å². The number of rotatable bonds is 5. The van der Waals surface area contributed by atoms with Gasteiger partial charge in [-0.05, 0) is 6.42 Å². The molecule has 0 bridgehead atoms. The summed E-state index contributed by atoms with van der Waals surface area (Å²) in [5, 5.41) is 8.40. The van der Waals surface area contributed by atoms with Gasteiger partial charge in [-0.3, -0.25) is 14.7 Å². The van der Waals surface area contributed by atoms with Gasteiger partial charge in [0, 0.05) is 23.4 Å². The summed E-state index contributed by atoms with van der Waals surface area (Å²) in [7, 11) is 0. The first kappa shape index (κ1) is 18.7. The second kappa shape index (κ2) is 7.50. The molecule has 5 aromatic rings. The van der Waals surface area contributed by atoms with E-state index in [1.165, 1.54) is 39.7 Å². The molecule has 4 aromatic heterocycles. The Hall–Kier alpha value is -3.31. The van der Waals surface area contributed by atoms with Gasteiger partial charge in [0.2, 0.25) is 4.96 Å². The zero-order valence-electron chi connectivity index (χ0n) is 15.8. The maximum atomic E-state index is 12.4. The van der Waals surface area contributed by atoms with Crippen LogP contribution in [0.2, 0.25) is 0 Å². The Balaban J connectivity index is 1.53. The number of benzene rings is 1. The highest BCUT2D eigenvalue weighted by Crippen LogP contribution is 2.24. The number of H-pyrrole nitrogens is 1. The van der Waals surface area contributed by atoms with Crippen LogP contribution < -0.4 is 11.1 Å². The Morgan fingerprint density at radius 2 is 1.93 bits per heavy atom. The number of hydrogen-bond donors (Lipinski definition) is 1. The minimum absolute atomic E-state index is 0.210. The molecule has 0 atom stereocenters. The molecule has 4 heterocycles. The van der Waals surface area contributed by atoms with Gasteiger partial charge in [-0.15, -0.1) is 0 Å². The van der Waals surface area contributed by atoms with Gasteiger partial charge in [0.15, 0.2) is 16.6 Å². The van der Waals surface area contributed by atoms with Gasteiger partial charge in [-0.25, -0.2) is 19.5 Å². The molecule has 5 rings (SSSR count). The van der Waals surface area contributed by atoms with Gasteiger partial charge < -0.3 is 0 Å². The third-order valence-electron chi connectivity index (χ3n) is 4.35. The van der Waals surface area contributed by atoms with Crippen LogP contribution >= 0.6 is 23.1 Å². The van der Waals surface area contributed by atoms with Crippen LogP contribution in [-0.2, 0) is 12.2 Å². The van der Waals surface area contributed by atoms with E-state index in [0.29, 0.717) is 33.0 Å². The van der Waals surface area contributed by atoms with E-state index in [1.54, 1.807) is 4.52 Å².